The number of aliphatic hydroxyl groups is 1. The fourth-order valence-electron chi connectivity index (χ4n) is 2.52. The van der Waals surface area contributed by atoms with Crippen LogP contribution in [0.4, 0.5) is 0 Å². The lowest BCUT2D eigenvalue weighted by Crippen LogP contribution is -2.15. The normalized spacial score (nSPS) is 13.1. The van der Waals surface area contributed by atoms with Crippen molar-refractivity contribution < 1.29 is 14.6 Å². The van der Waals surface area contributed by atoms with Gasteiger partial charge in [0, 0.05) is 12.3 Å². The average molecular weight is 310 g/mol. The maximum atomic E-state index is 9.54. The van der Waals surface area contributed by atoms with Crippen molar-refractivity contribution in [2.45, 2.75) is 6.61 Å². The van der Waals surface area contributed by atoms with Gasteiger partial charge in [0.2, 0.25) is 0 Å². The lowest BCUT2D eigenvalue weighted by molar-refractivity contribution is 0.171. The molecule has 1 aromatic carbocycles. The zero-order chi connectivity index (χ0) is 15.6. The van der Waals surface area contributed by atoms with Crippen LogP contribution < -0.4 is 9.47 Å². The van der Waals surface area contributed by atoms with E-state index in [0.29, 0.717) is 41.8 Å². The molecule has 116 valence electrons. The topological polar surface area (TPSA) is 82.3 Å². The third kappa shape index (κ3) is 2.40. The van der Waals surface area contributed by atoms with Crippen LogP contribution >= 0.6 is 0 Å². The highest BCUT2D eigenvalue weighted by atomic mass is 16.6. The van der Waals surface area contributed by atoms with Crippen LogP contribution in [0.25, 0.3) is 17.1 Å². The number of hydrogen-bond donors (Lipinski definition) is 1. The smallest absolute Gasteiger partial charge is 0.163 e. The second-order valence-corrected chi connectivity index (χ2v) is 5.00. The molecule has 1 N–H and O–H groups in total. The third-order valence-electron chi connectivity index (χ3n) is 3.57. The Hall–Kier alpha value is -2.93. The van der Waals surface area contributed by atoms with Crippen molar-refractivity contribution in [2.75, 3.05) is 13.2 Å². The number of hydrogen-bond acceptors (Lipinski definition) is 6. The molecule has 0 fully saturated rings. The number of ether oxygens (including phenoxy) is 2. The van der Waals surface area contributed by atoms with Gasteiger partial charge < -0.3 is 14.6 Å². The van der Waals surface area contributed by atoms with Gasteiger partial charge in [0.1, 0.15) is 24.6 Å². The quantitative estimate of drug-likeness (QED) is 0.791. The summed E-state index contributed by atoms with van der Waals surface area (Å²) in [7, 11) is 0. The Labute approximate surface area is 132 Å². The van der Waals surface area contributed by atoms with Gasteiger partial charge in [-0.3, -0.25) is 4.98 Å². The minimum atomic E-state index is -0.212. The van der Waals surface area contributed by atoms with Gasteiger partial charge in [0.15, 0.2) is 11.5 Å². The number of aromatic nitrogens is 4. The lowest BCUT2D eigenvalue weighted by Gasteiger charge is -2.19. The van der Waals surface area contributed by atoms with Crippen LogP contribution in [-0.2, 0) is 6.61 Å². The second-order valence-electron chi connectivity index (χ2n) is 5.00. The number of rotatable bonds is 3. The van der Waals surface area contributed by atoms with Crippen LogP contribution in [0.5, 0.6) is 11.5 Å². The molecule has 0 aliphatic carbocycles. The van der Waals surface area contributed by atoms with Gasteiger partial charge in [0.05, 0.1) is 18.0 Å². The van der Waals surface area contributed by atoms with E-state index in [-0.39, 0.29) is 6.61 Å². The summed E-state index contributed by atoms with van der Waals surface area (Å²) >= 11 is 0. The number of fused-ring (bicyclic) bond motifs is 1. The van der Waals surface area contributed by atoms with Crippen LogP contribution in [0.1, 0.15) is 5.69 Å². The molecule has 3 aromatic rings. The van der Waals surface area contributed by atoms with Gasteiger partial charge in [-0.15, -0.1) is 5.10 Å². The fraction of sp³-hybridized carbons (Fsp3) is 0.188. The molecule has 2 aromatic heterocycles. The first-order valence-corrected chi connectivity index (χ1v) is 7.23. The van der Waals surface area contributed by atoms with E-state index in [1.807, 2.05) is 36.4 Å². The van der Waals surface area contributed by atoms with Gasteiger partial charge in [0.25, 0.3) is 0 Å². The number of aliphatic hydroxyl groups excluding tert-OH is 1. The molecular weight excluding hydrogens is 296 g/mol. The molecular formula is C16H14N4O3. The summed E-state index contributed by atoms with van der Waals surface area (Å²) in [6.07, 6.45) is 1.69. The van der Waals surface area contributed by atoms with E-state index >= 15 is 0 Å². The van der Waals surface area contributed by atoms with Crippen LogP contribution in [0, 0.1) is 0 Å². The predicted molar refractivity (Wildman–Crippen MR) is 81.5 cm³/mol. The monoisotopic (exact) mass is 310 g/mol. The van der Waals surface area contributed by atoms with Crippen LogP contribution in [0.15, 0.2) is 42.6 Å². The number of benzene rings is 1. The highest BCUT2D eigenvalue weighted by molar-refractivity contribution is 5.61. The summed E-state index contributed by atoms with van der Waals surface area (Å²) in [6.45, 7) is 0.850. The lowest BCUT2D eigenvalue weighted by atomic mass is 10.2. The van der Waals surface area contributed by atoms with Crippen molar-refractivity contribution >= 4 is 0 Å². The molecule has 0 saturated carbocycles. The average Bonchev–Trinajstić information content (AvgIpc) is 3.06. The van der Waals surface area contributed by atoms with E-state index in [9.17, 15) is 5.11 Å². The summed E-state index contributed by atoms with van der Waals surface area (Å²) in [6, 6.07) is 11.1. The van der Waals surface area contributed by atoms with Crippen molar-refractivity contribution in [3.63, 3.8) is 0 Å². The summed E-state index contributed by atoms with van der Waals surface area (Å²) in [5.74, 6) is 1.38. The van der Waals surface area contributed by atoms with E-state index in [2.05, 4.69) is 15.3 Å². The molecule has 0 atom stereocenters. The Morgan fingerprint density at radius 2 is 1.96 bits per heavy atom. The van der Waals surface area contributed by atoms with E-state index in [1.165, 1.54) is 0 Å². The van der Waals surface area contributed by atoms with Crippen molar-refractivity contribution in [3.8, 4) is 28.6 Å². The van der Waals surface area contributed by atoms with Crippen molar-refractivity contribution in [3.05, 3.63) is 48.3 Å². The SMILES string of the molecule is OCc1nnn(-c2ccc3c(c2)OCCO3)c1-c1ccccn1. The molecule has 7 nitrogen and oxygen atoms in total. The van der Waals surface area contributed by atoms with E-state index in [0.717, 1.165) is 5.69 Å². The van der Waals surface area contributed by atoms with Gasteiger partial charge >= 0.3 is 0 Å². The Morgan fingerprint density at radius 3 is 2.74 bits per heavy atom. The largest absolute Gasteiger partial charge is 0.486 e. The minimum absolute atomic E-state index is 0.212. The van der Waals surface area contributed by atoms with Crippen molar-refractivity contribution in [1.29, 1.82) is 0 Å². The molecule has 3 heterocycles. The van der Waals surface area contributed by atoms with Crippen LogP contribution in [0.3, 0.4) is 0 Å². The molecule has 23 heavy (non-hydrogen) atoms. The van der Waals surface area contributed by atoms with Gasteiger partial charge in [-0.05, 0) is 24.3 Å². The molecule has 0 bridgehead atoms. The molecule has 4 rings (SSSR count). The maximum Gasteiger partial charge on any atom is 0.163 e. The van der Waals surface area contributed by atoms with Gasteiger partial charge in [-0.1, -0.05) is 11.3 Å². The van der Waals surface area contributed by atoms with Gasteiger partial charge in [-0.25, -0.2) is 4.68 Å². The number of nitrogens with zero attached hydrogens (tertiary/aromatic N) is 4. The summed E-state index contributed by atoms with van der Waals surface area (Å²) in [5.41, 5.74) is 2.59. The van der Waals surface area contributed by atoms with Crippen LogP contribution in [-0.4, -0.2) is 38.3 Å². The van der Waals surface area contributed by atoms with Crippen molar-refractivity contribution in [2.24, 2.45) is 0 Å². The third-order valence-corrected chi connectivity index (χ3v) is 3.57. The Balaban J connectivity index is 1.85. The zero-order valence-electron chi connectivity index (χ0n) is 12.2. The Morgan fingerprint density at radius 1 is 1.09 bits per heavy atom. The molecule has 0 spiro atoms. The zero-order valence-corrected chi connectivity index (χ0v) is 12.2. The molecule has 0 radical (unpaired) electrons. The maximum absolute atomic E-state index is 9.54. The summed E-state index contributed by atoms with van der Waals surface area (Å²) in [5, 5.41) is 17.7. The molecule has 1 aliphatic rings. The highest BCUT2D eigenvalue weighted by Crippen LogP contribution is 2.33. The number of pyridine rings is 1. The van der Waals surface area contributed by atoms with Crippen molar-refractivity contribution in [1.82, 2.24) is 20.0 Å². The fourth-order valence-corrected chi connectivity index (χ4v) is 2.52. The van der Waals surface area contributed by atoms with E-state index in [4.69, 9.17) is 9.47 Å². The summed E-state index contributed by atoms with van der Waals surface area (Å²) in [4.78, 5) is 4.34. The first-order valence-electron chi connectivity index (χ1n) is 7.23. The van der Waals surface area contributed by atoms with E-state index in [1.54, 1.807) is 10.9 Å². The van der Waals surface area contributed by atoms with Gasteiger partial charge in [-0.2, -0.15) is 0 Å². The first kappa shape index (κ1) is 13.7. The Kier molecular flexibility index (Phi) is 3.39. The standard InChI is InChI=1S/C16H14N4O3/c21-10-13-16(12-3-1-2-6-17-12)20(19-18-13)11-4-5-14-15(9-11)23-8-7-22-14/h1-6,9,21H,7-8,10H2. The molecule has 0 amide bonds. The van der Waals surface area contributed by atoms with Crippen LogP contribution in [0.2, 0.25) is 0 Å². The molecule has 7 heteroatoms. The Bertz CT molecular complexity index is 833. The summed E-state index contributed by atoms with van der Waals surface area (Å²) < 4.78 is 12.8. The first-order chi connectivity index (χ1) is 11.4. The minimum Gasteiger partial charge on any atom is -0.486 e. The molecule has 0 saturated heterocycles. The second kappa shape index (κ2) is 5.69. The molecule has 0 unspecified atom stereocenters. The molecule has 1 aliphatic heterocycles. The predicted octanol–water partition coefficient (Wildman–Crippen LogP) is 1.59. The van der Waals surface area contributed by atoms with E-state index < -0.39 is 0 Å². The highest BCUT2D eigenvalue weighted by Gasteiger charge is 2.19.